The molecule has 0 aromatic heterocycles. The second-order valence-corrected chi connectivity index (χ2v) is 4.80. The average molecular weight is 228 g/mol. The molecule has 0 saturated carbocycles. The van der Waals surface area contributed by atoms with Gasteiger partial charge in [-0.25, -0.2) is 0 Å². The Morgan fingerprint density at radius 2 is 2.06 bits per heavy atom. The molecule has 2 N–H and O–H groups in total. The Morgan fingerprint density at radius 3 is 2.56 bits per heavy atom. The first-order valence-corrected chi connectivity index (χ1v) is 5.82. The van der Waals surface area contributed by atoms with Crippen molar-refractivity contribution in [1.82, 2.24) is 4.90 Å². The molecule has 0 aromatic rings. The topological polar surface area (TPSA) is 64.8 Å². The van der Waals surface area contributed by atoms with E-state index in [9.17, 15) is 4.79 Å². The Kier molecular flexibility index (Phi) is 3.19. The largest absolute Gasteiger partial charge is 0.465 e. The summed E-state index contributed by atoms with van der Waals surface area (Å²) in [6.45, 7) is 3.51. The van der Waals surface area contributed by atoms with E-state index in [1.807, 2.05) is 0 Å². The summed E-state index contributed by atoms with van der Waals surface area (Å²) in [7, 11) is 2.07. The van der Waals surface area contributed by atoms with Crippen LogP contribution in [0.1, 0.15) is 19.8 Å². The van der Waals surface area contributed by atoms with Gasteiger partial charge in [-0.1, -0.05) is 0 Å². The number of rotatable bonds is 2. The van der Waals surface area contributed by atoms with E-state index in [0.29, 0.717) is 32.7 Å². The van der Waals surface area contributed by atoms with Crippen molar-refractivity contribution in [1.29, 1.82) is 0 Å². The first kappa shape index (κ1) is 11.8. The number of ether oxygens (including phenoxy) is 2. The monoisotopic (exact) mass is 228 g/mol. The van der Waals surface area contributed by atoms with E-state index in [1.165, 1.54) is 0 Å². The second-order valence-electron chi connectivity index (χ2n) is 4.80. The van der Waals surface area contributed by atoms with Gasteiger partial charge in [0.25, 0.3) is 0 Å². The zero-order valence-corrected chi connectivity index (χ0v) is 9.94. The molecule has 2 atom stereocenters. The summed E-state index contributed by atoms with van der Waals surface area (Å²) in [6.07, 6.45) is 1.25. The first-order chi connectivity index (χ1) is 7.57. The van der Waals surface area contributed by atoms with Crippen molar-refractivity contribution in [3.8, 4) is 0 Å². The second kappa shape index (κ2) is 4.31. The Labute approximate surface area is 95.9 Å². The van der Waals surface area contributed by atoms with Crippen molar-refractivity contribution in [3.63, 3.8) is 0 Å². The molecule has 92 valence electrons. The van der Waals surface area contributed by atoms with Crippen LogP contribution < -0.4 is 5.73 Å². The summed E-state index contributed by atoms with van der Waals surface area (Å²) in [5, 5.41) is 0. The fourth-order valence-corrected chi connectivity index (χ4v) is 2.64. The Hall–Kier alpha value is -0.650. The number of carbonyl (C=O) groups is 1. The van der Waals surface area contributed by atoms with E-state index in [-0.39, 0.29) is 18.1 Å². The fourth-order valence-electron chi connectivity index (χ4n) is 2.64. The molecule has 2 aliphatic heterocycles. The number of likely N-dealkylation sites (N-methyl/N-ethyl adjacent to an activating group) is 1. The van der Waals surface area contributed by atoms with Crippen LogP contribution >= 0.6 is 0 Å². The van der Waals surface area contributed by atoms with Crippen LogP contribution in [-0.4, -0.2) is 55.4 Å². The number of fused-ring (bicyclic) bond motifs is 2. The first-order valence-electron chi connectivity index (χ1n) is 5.82. The Balaban J connectivity index is 2.10. The van der Waals surface area contributed by atoms with E-state index in [0.717, 1.165) is 0 Å². The molecule has 2 aliphatic rings. The van der Waals surface area contributed by atoms with Crippen molar-refractivity contribution in [2.75, 3.05) is 26.9 Å². The molecule has 2 bridgehead atoms. The molecule has 0 aromatic carbocycles. The standard InChI is InChI=1S/C11H20N2O3/c1-3-16-10(14)11(12)4-8-6-15-7-9(5-11)13(8)2/h8-9H,3-7,12H2,1-2H3. The third-order valence-corrected chi connectivity index (χ3v) is 3.65. The fraction of sp³-hybridized carbons (Fsp3) is 0.909. The highest BCUT2D eigenvalue weighted by Gasteiger charge is 2.48. The van der Waals surface area contributed by atoms with E-state index in [1.54, 1.807) is 6.92 Å². The maximum Gasteiger partial charge on any atom is 0.326 e. The summed E-state index contributed by atoms with van der Waals surface area (Å²) in [5.41, 5.74) is 5.37. The van der Waals surface area contributed by atoms with Gasteiger partial charge < -0.3 is 15.2 Å². The normalized spacial score (nSPS) is 39.4. The summed E-state index contributed by atoms with van der Waals surface area (Å²) < 4.78 is 10.6. The van der Waals surface area contributed by atoms with Crippen LogP contribution in [0.15, 0.2) is 0 Å². The smallest absolute Gasteiger partial charge is 0.326 e. The third kappa shape index (κ3) is 1.95. The molecule has 0 amide bonds. The van der Waals surface area contributed by atoms with Gasteiger partial charge in [-0.2, -0.15) is 0 Å². The Morgan fingerprint density at radius 1 is 1.50 bits per heavy atom. The molecule has 0 spiro atoms. The van der Waals surface area contributed by atoms with Crippen molar-refractivity contribution in [3.05, 3.63) is 0 Å². The zero-order chi connectivity index (χ0) is 11.8. The van der Waals surface area contributed by atoms with Crippen molar-refractivity contribution in [2.45, 2.75) is 37.4 Å². The third-order valence-electron chi connectivity index (χ3n) is 3.65. The van der Waals surface area contributed by atoms with Crippen molar-refractivity contribution >= 4 is 5.97 Å². The van der Waals surface area contributed by atoms with Gasteiger partial charge in [0.1, 0.15) is 5.54 Å². The zero-order valence-electron chi connectivity index (χ0n) is 9.94. The number of hydrogen-bond acceptors (Lipinski definition) is 5. The van der Waals surface area contributed by atoms with Crippen molar-refractivity contribution < 1.29 is 14.3 Å². The molecule has 2 fully saturated rings. The van der Waals surface area contributed by atoms with Crippen LogP contribution in [0, 0.1) is 0 Å². The minimum absolute atomic E-state index is 0.238. The van der Waals surface area contributed by atoms with E-state index < -0.39 is 5.54 Å². The lowest BCUT2D eigenvalue weighted by atomic mass is 9.79. The number of esters is 1. The lowest BCUT2D eigenvalue weighted by molar-refractivity contribution is -0.158. The summed E-state index contributed by atoms with van der Waals surface area (Å²) in [5.74, 6) is -0.264. The van der Waals surface area contributed by atoms with Crippen LogP contribution in [0.25, 0.3) is 0 Å². The minimum atomic E-state index is -0.818. The number of piperidine rings is 1. The number of morpholine rings is 1. The maximum absolute atomic E-state index is 11.9. The van der Waals surface area contributed by atoms with Gasteiger partial charge in [-0.05, 0) is 26.8 Å². The quantitative estimate of drug-likeness (QED) is 0.660. The lowest BCUT2D eigenvalue weighted by Gasteiger charge is -2.49. The predicted molar refractivity (Wildman–Crippen MR) is 58.9 cm³/mol. The molecule has 2 unspecified atom stereocenters. The number of hydrogen-bond donors (Lipinski definition) is 1. The summed E-state index contributed by atoms with van der Waals surface area (Å²) in [4.78, 5) is 14.1. The number of nitrogens with two attached hydrogens (primary N) is 1. The highest BCUT2D eigenvalue weighted by molar-refractivity contribution is 5.81. The molecular weight excluding hydrogens is 208 g/mol. The molecule has 0 radical (unpaired) electrons. The summed E-state index contributed by atoms with van der Waals surface area (Å²) >= 11 is 0. The highest BCUT2D eigenvalue weighted by atomic mass is 16.5. The van der Waals surface area contributed by atoms with E-state index in [2.05, 4.69) is 11.9 Å². The molecule has 2 rings (SSSR count). The molecule has 5 nitrogen and oxygen atoms in total. The molecule has 2 saturated heterocycles. The van der Waals surface area contributed by atoms with Gasteiger partial charge in [0.15, 0.2) is 0 Å². The maximum atomic E-state index is 11.9. The van der Waals surface area contributed by atoms with Gasteiger partial charge >= 0.3 is 5.97 Å². The SMILES string of the molecule is CCOC(=O)C1(N)CC2COCC(C1)N2C. The highest BCUT2D eigenvalue weighted by Crippen LogP contribution is 2.32. The summed E-state index contributed by atoms with van der Waals surface area (Å²) in [6, 6.07) is 0.476. The van der Waals surface area contributed by atoms with Gasteiger partial charge in [-0.3, -0.25) is 9.69 Å². The minimum Gasteiger partial charge on any atom is -0.465 e. The molecule has 0 aliphatic carbocycles. The van der Waals surface area contributed by atoms with Gasteiger partial charge in [-0.15, -0.1) is 0 Å². The predicted octanol–water partition coefficient (Wildman–Crippen LogP) is -0.260. The van der Waals surface area contributed by atoms with Crippen LogP contribution in [-0.2, 0) is 14.3 Å². The average Bonchev–Trinajstić information content (AvgIpc) is 2.21. The van der Waals surface area contributed by atoms with E-state index >= 15 is 0 Å². The molecule has 5 heteroatoms. The van der Waals surface area contributed by atoms with Crippen LogP contribution in [0.5, 0.6) is 0 Å². The van der Waals surface area contributed by atoms with E-state index in [4.69, 9.17) is 15.2 Å². The van der Waals surface area contributed by atoms with Crippen LogP contribution in [0.2, 0.25) is 0 Å². The lowest BCUT2D eigenvalue weighted by Crippen LogP contribution is -2.66. The van der Waals surface area contributed by atoms with Gasteiger partial charge in [0.2, 0.25) is 0 Å². The van der Waals surface area contributed by atoms with Gasteiger partial charge in [0.05, 0.1) is 19.8 Å². The number of nitrogens with zero attached hydrogens (tertiary/aromatic N) is 1. The van der Waals surface area contributed by atoms with Gasteiger partial charge in [0, 0.05) is 12.1 Å². The van der Waals surface area contributed by atoms with Crippen molar-refractivity contribution in [2.24, 2.45) is 5.73 Å². The molecule has 16 heavy (non-hydrogen) atoms. The Bertz CT molecular complexity index is 268. The number of carbonyl (C=O) groups excluding carboxylic acids is 1. The van der Waals surface area contributed by atoms with Crippen LogP contribution in [0.3, 0.4) is 0 Å². The van der Waals surface area contributed by atoms with Crippen LogP contribution in [0.4, 0.5) is 0 Å². The molecular formula is C11H20N2O3. The molecule has 2 heterocycles.